The fourth-order valence-corrected chi connectivity index (χ4v) is 4.02. The van der Waals surface area contributed by atoms with Gasteiger partial charge in [-0.15, -0.1) is 0 Å². The van der Waals surface area contributed by atoms with Gasteiger partial charge in [0, 0.05) is 17.8 Å². The van der Waals surface area contributed by atoms with Gasteiger partial charge in [-0.1, -0.05) is 12.1 Å². The van der Waals surface area contributed by atoms with Gasteiger partial charge in [-0.05, 0) is 56.5 Å². The molecular formula is C19H23N3O5S. The molecule has 0 saturated carbocycles. The maximum absolute atomic E-state index is 12.7. The minimum atomic E-state index is -3.88. The number of amides is 1. The summed E-state index contributed by atoms with van der Waals surface area (Å²) in [5, 5.41) is 13.8. The largest absolute Gasteiger partial charge is 0.324 e. The molecule has 2 rings (SSSR count). The Morgan fingerprint density at radius 3 is 2.21 bits per heavy atom. The summed E-state index contributed by atoms with van der Waals surface area (Å²) in [6.07, 6.45) is 0.963. The van der Waals surface area contributed by atoms with E-state index in [1.165, 1.54) is 19.1 Å². The molecule has 0 aromatic heterocycles. The minimum Gasteiger partial charge on any atom is -0.324 e. The summed E-state index contributed by atoms with van der Waals surface area (Å²) in [5.74, 6) is -0.542. The Labute approximate surface area is 164 Å². The van der Waals surface area contributed by atoms with E-state index < -0.39 is 26.9 Å². The summed E-state index contributed by atoms with van der Waals surface area (Å²) in [7, 11) is -3.88. The average molecular weight is 405 g/mol. The molecule has 2 aromatic rings. The highest BCUT2D eigenvalue weighted by Crippen LogP contribution is 2.29. The Kier molecular flexibility index (Phi) is 6.08. The monoisotopic (exact) mass is 405 g/mol. The first-order chi connectivity index (χ1) is 12.9. The molecule has 0 radical (unpaired) electrons. The van der Waals surface area contributed by atoms with Crippen molar-refractivity contribution >= 4 is 33.0 Å². The number of carbonyl (C=O) groups is 1. The SMILES string of the molecule is Cc1ccc(NC(=O)C(C)N(c2cc([N+](=O)[O-])ccc2C)S(C)(=O)=O)cc1C. The number of sulfonamides is 1. The molecule has 0 aliphatic carbocycles. The standard InChI is InChI=1S/C19H23N3O5S/c1-12-6-8-16(10-14(12)3)20-19(23)15(4)21(28(5,26)27)18-11-17(22(24)25)9-7-13(18)2/h6-11,15H,1-5H3,(H,20,23). The first-order valence-corrected chi connectivity index (χ1v) is 10.4. The molecule has 9 heteroatoms. The number of hydrogen-bond acceptors (Lipinski definition) is 5. The normalized spacial score (nSPS) is 12.3. The lowest BCUT2D eigenvalue weighted by Gasteiger charge is -2.29. The summed E-state index contributed by atoms with van der Waals surface area (Å²) in [6.45, 7) is 6.92. The Bertz CT molecular complexity index is 1030. The number of nitrogens with zero attached hydrogens (tertiary/aromatic N) is 2. The molecule has 0 fully saturated rings. The number of carbonyl (C=O) groups excluding carboxylic acids is 1. The van der Waals surface area contributed by atoms with Crippen LogP contribution in [0.2, 0.25) is 0 Å². The van der Waals surface area contributed by atoms with E-state index in [2.05, 4.69) is 5.32 Å². The average Bonchev–Trinajstić information content (AvgIpc) is 2.58. The highest BCUT2D eigenvalue weighted by molar-refractivity contribution is 7.92. The summed E-state index contributed by atoms with van der Waals surface area (Å²) in [6, 6.07) is 8.18. The molecule has 0 heterocycles. The van der Waals surface area contributed by atoms with Crippen LogP contribution in [0.3, 0.4) is 0 Å². The number of non-ortho nitro benzene ring substituents is 1. The van der Waals surface area contributed by atoms with E-state index >= 15 is 0 Å². The van der Waals surface area contributed by atoms with E-state index in [4.69, 9.17) is 0 Å². The number of nitrogens with one attached hydrogen (secondary N) is 1. The van der Waals surface area contributed by atoms with Crippen molar-refractivity contribution < 1.29 is 18.1 Å². The smallest absolute Gasteiger partial charge is 0.271 e. The van der Waals surface area contributed by atoms with Gasteiger partial charge >= 0.3 is 0 Å². The minimum absolute atomic E-state index is 0.0967. The molecule has 1 atom stereocenters. The van der Waals surface area contributed by atoms with Crippen molar-refractivity contribution in [3.8, 4) is 0 Å². The van der Waals surface area contributed by atoms with E-state index in [0.29, 0.717) is 11.3 Å². The van der Waals surface area contributed by atoms with E-state index in [1.54, 1.807) is 19.1 Å². The molecular weight excluding hydrogens is 382 g/mol. The zero-order valence-corrected chi connectivity index (χ0v) is 17.2. The Morgan fingerprint density at radius 2 is 1.68 bits per heavy atom. The fraction of sp³-hybridized carbons (Fsp3) is 0.316. The molecule has 1 unspecified atom stereocenters. The molecule has 2 aromatic carbocycles. The van der Waals surface area contributed by atoms with Crippen molar-refractivity contribution in [1.82, 2.24) is 0 Å². The number of nitro benzene ring substituents is 1. The van der Waals surface area contributed by atoms with Gasteiger partial charge in [0.1, 0.15) is 6.04 Å². The lowest BCUT2D eigenvalue weighted by atomic mass is 10.1. The number of aryl methyl sites for hydroxylation is 3. The van der Waals surface area contributed by atoms with E-state index in [-0.39, 0.29) is 11.4 Å². The third-order valence-electron chi connectivity index (χ3n) is 4.50. The van der Waals surface area contributed by atoms with Crippen LogP contribution in [-0.2, 0) is 14.8 Å². The highest BCUT2D eigenvalue weighted by atomic mass is 32.2. The van der Waals surface area contributed by atoms with Gasteiger partial charge < -0.3 is 5.32 Å². The van der Waals surface area contributed by atoms with Gasteiger partial charge in [-0.25, -0.2) is 8.42 Å². The predicted octanol–water partition coefficient (Wildman–Crippen LogP) is 3.31. The molecule has 28 heavy (non-hydrogen) atoms. The quantitative estimate of drug-likeness (QED) is 0.586. The van der Waals surface area contributed by atoms with E-state index in [1.807, 2.05) is 19.9 Å². The lowest BCUT2D eigenvalue weighted by molar-refractivity contribution is -0.384. The third kappa shape index (κ3) is 4.66. The first kappa shape index (κ1) is 21.4. The third-order valence-corrected chi connectivity index (χ3v) is 5.73. The number of nitro groups is 1. The van der Waals surface area contributed by atoms with Crippen molar-refractivity contribution in [3.05, 3.63) is 63.2 Å². The first-order valence-electron chi connectivity index (χ1n) is 8.54. The maximum atomic E-state index is 12.7. The zero-order chi connectivity index (χ0) is 21.2. The van der Waals surface area contributed by atoms with Crippen LogP contribution in [0.1, 0.15) is 23.6 Å². The molecule has 0 aliphatic heterocycles. The van der Waals surface area contributed by atoms with Crippen LogP contribution >= 0.6 is 0 Å². The summed E-state index contributed by atoms with van der Waals surface area (Å²) >= 11 is 0. The molecule has 150 valence electrons. The number of hydrogen-bond donors (Lipinski definition) is 1. The Balaban J connectivity index is 2.43. The number of benzene rings is 2. The van der Waals surface area contributed by atoms with Crippen LogP contribution in [0.25, 0.3) is 0 Å². The lowest BCUT2D eigenvalue weighted by Crippen LogP contribution is -2.45. The summed E-state index contributed by atoms with van der Waals surface area (Å²) < 4.78 is 25.8. The van der Waals surface area contributed by atoms with E-state index in [0.717, 1.165) is 27.8 Å². The maximum Gasteiger partial charge on any atom is 0.271 e. The van der Waals surface area contributed by atoms with Gasteiger partial charge in [0.05, 0.1) is 16.9 Å². The van der Waals surface area contributed by atoms with Crippen LogP contribution in [-0.4, -0.2) is 31.5 Å². The van der Waals surface area contributed by atoms with Crippen molar-refractivity contribution in [2.24, 2.45) is 0 Å². The van der Waals surface area contributed by atoms with Gasteiger partial charge in [0.25, 0.3) is 5.69 Å². The van der Waals surface area contributed by atoms with Crippen LogP contribution in [0.15, 0.2) is 36.4 Å². The predicted molar refractivity (Wildman–Crippen MR) is 109 cm³/mol. The topological polar surface area (TPSA) is 110 Å². The van der Waals surface area contributed by atoms with Gasteiger partial charge in [-0.2, -0.15) is 0 Å². The van der Waals surface area contributed by atoms with Crippen LogP contribution in [0, 0.1) is 30.9 Å². The van der Waals surface area contributed by atoms with Crippen LogP contribution in [0.5, 0.6) is 0 Å². The second-order valence-corrected chi connectivity index (χ2v) is 8.61. The van der Waals surface area contributed by atoms with Gasteiger partial charge in [0.15, 0.2) is 0 Å². The van der Waals surface area contributed by atoms with Crippen molar-refractivity contribution in [2.75, 3.05) is 15.9 Å². The molecule has 0 saturated heterocycles. The van der Waals surface area contributed by atoms with Crippen molar-refractivity contribution in [3.63, 3.8) is 0 Å². The Morgan fingerprint density at radius 1 is 1.07 bits per heavy atom. The van der Waals surface area contributed by atoms with Crippen molar-refractivity contribution in [2.45, 2.75) is 33.7 Å². The molecule has 0 aliphatic rings. The second-order valence-electron chi connectivity index (χ2n) is 6.75. The molecule has 0 spiro atoms. The summed E-state index contributed by atoms with van der Waals surface area (Å²) in [4.78, 5) is 23.2. The number of rotatable bonds is 6. The molecule has 8 nitrogen and oxygen atoms in total. The van der Waals surface area contributed by atoms with Crippen molar-refractivity contribution in [1.29, 1.82) is 0 Å². The van der Waals surface area contributed by atoms with Gasteiger partial charge in [0.2, 0.25) is 15.9 Å². The molecule has 1 amide bonds. The fourth-order valence-electron chi connectivity index (χ4n) is 2.80. The highest BCUT2D eigenvalue weighted by Gasteiger charge is 2.31. The van der Waals surface area contributed by atoms with Crippen LogP contribution < -0.4 is 9.62 Å². The Hall–Kier alpha value is -2.94. The number of anilines is 2. The second kappa shape index (κ2) is 7.97. The van der Waals surface area contributed by atoms with E-state index in [9.17, 15) is 23.3 Å². The zero-order valence-electron chi connectivity index (χ0n) is 16.4. The van der Waals surface area contributed by atoms with Gasteiger partial charge in [-0.3, -0.25) is 19.2 Å². The summed E-state index contributed by atoms with van der Waals surface area (Å²) in [5.41, 5.74) is 2.94. The van der Waals surface area contributed by atoms with Crippen LogP contribution in [0.4, 0.5) is 17.1 Å². The molecule has 0 bridgehead atoms. The molecule has 1 N–H and O–H groups in total.